The Morgan fingerprint density at radius 3 is 2.96 bits per heavy atom. The molecule has 7 nitrogen and oxygen atoms in total. The number of nitrogens with zero attached hydrogens (tertiary/aromatic N) is 3. The fourth-order valence-corrected chi connectivity index (χ4v) is 2.11. The number of anilines is 1. The van der Waals surface area contributed by atoms with Crippen molar-refractivity contribution in [2.24, 2.45) is 0 Å². The van der Waals surface area contributed by atoms with E-state index in [1.165, 1.54) is 0 Å². The number of pyridine rings is 1. The van der Waals surface area contributed by atoms with Gasteiger partial charge in [0.15, 0.2) is 0 Å². The fraction of sp³-hybridized carbons (Fsp3) is 0.222. The van der Waals surface area contributed by atoms with Gasteiger partial charge in [-0.1, -0.05) is 24.5 Å². The van der Waals surface area contributed by atoms with E-state index in [2.05, 4.69) is 27.4 Å². The second-order valence-electron chi connectivity index (χ2n) is 5.34. The van der Waals surface area contributed by atoms with Gasteiger partial charge in [-0.15, -0.1) is 5.10 Å². The first-order chi connectivity index (χ1) is 12.3. The van der Waals surface area contributed by atoms with Gasteiger partial charge in [-0.3, -0.25) is 15.1 Å². The minimum Gasteiger partial charge on any atom is -0.494 e. The maximum Gasteiger partial charge on any atom is 0.322 e. The highest BCUT2D eigenvalue weighted by Gasteiger charge is 2.13. The zero-order valence-corrected chi connectivity index (χ0v) is 13.8. The topological polar surface area (TPSA) is 90.1 Å². The van der Waals surface area contributed by atoms with Crippen molar-refractivity contribution in [2.45, 2.75) is 19.8 Å². The number of hydrogen-bond acceptors (Lipinski definition) is 6. The molecule has 0 saturated carbocycles. The Kier molecular flexibility index (Phi) is 5.36. The predicted octanol–water partition coefficient (Wildman–Crippen LogP) is 3.56. The summed E-state index contributed by atoms with van der Waals surface area (Å²) in [6.07, 6.45) is 5.28. The summed E-state index contributed by atoms with van der Waals surface area (Å²) in [6, 6.07) is 10.6. The molecular formula is C18H18N4O3. The van der Waals surface area contributed by atoms with Gasteiger partial charge in [0, 0.05) is 18.0 Å². The molecule has 1 aromatic carbocycles. The maximum atomic E-state index is 12.3. The molecule has 0 atom stereocenters. The molecule has 0 bridgehead atoms. The minimum absolute atomic E-state index is 0.0288. The normalized spacial score (nSPS) is 10.4. The molecule has 2 aromatic heterocycles. The van der Waals surface area contributed by atoms with Crippen LogP contribution in [0, 0.1) is 0 Å². The number of carbonyl (C=O) groups is 1. The van der Waals surface area contributed by atoms with Crippen LogP contribution in [-0.2, 0) is 0 Å². The number of benzene rings is 1. The van der Waals surface area contributed by atoms with Crippen LogP contribution in [0.2, 0.25) is 0 Å². The Morgan fingerprint density at radius 1 is 1.24 bits per heavy atom. The van der Waals surface area contributed by atoms with Gasteiger partial charge in [-0.2, -0.15) is 0 Å². The molecule has 1 amide bonds. The van der Waals surface area contributed by atoms with Crippen LogP contribution >= 0.6 is 0 Å². The Morgan fingerprint density at radius 2 is 2.16 bits per heavy atom. The highest BCUT2D eigenvalue weighted by atomic mass is 16.5. The number of aromatic nitrogens is 3. The van der Waals surface area contributed by atoms with Gasteiger partial charge in [0.05, 0.1) is 12.2 Å². The molecule has 0 aliphatic heterocycles. The lowest BCUT2D eigenvalue weighted by Crippen LogP contribution is -2.12. The molecule has 0 spiro atoms. The van der Waals surface area contributed by atoms with Crippen molar-refractivity contribution < 1.29 is 13.9 Å². The number of carbonyl (C=O) groups excluding carboxylic acids is 1. The average molecular weight is 338 g/mol. The summed E-state index contributed by atoms with van der Waals surface area (Å²) in [6.45, 7) is 2.72. The molecule has 0 aliphatic carbocycles. The average Bonchev–Trinajstić information content (AvgIpc) is 3.11. The number of hydrogen-bond donors (Lipinski definition) is 1. The predicted molar refractivity (Wildman–Crippen MR) is 92.3 cm³/mol. The summed E-state index contributed by atoms with van der Waals surface area (Å²) in [5, 5.41) is 10.3. The highest BCUT2D eigenvalue weighted by molar-refractivity contribution is 6.03. The summed E-state index contributed by atoms with van der Waals surface area (Å²) in [7, 11) is 0. The van der Waals surface area contributed by atoms with Crippen molar-refractivity contribution in [3.8, 4) is 17.2 Å². The van der Waals surface area contributed by atoms with E-state index in [0.717, 1.165) is 12.8 Å². The molecule has 7 heteroatoms. The van der Waals surface area contributed by atoms with Crippen LogP contribution in [0.15, 0.2) is 53.2 Å². The van der Waals surface area contributed by atoms with E-state index in [1.807, 2.05) is 6.07 Å². The number of unbranched alkanes of at least 4 members (excludes halogenated alkanes) is 1. The van der Waals surface area contributed by atoms with Crippen LogP contribution in [0.1, 0.15) is 30.1 Å². The largest absolute Gasteiger partial charge is 0.494 e. The van der Waals surface area contributed by atoms with Gasteiger partial charge >= 0.3 is 6.01 Å². The molecule has 0 radical (unpaired) electrons. The van der Waals surface area contributed by atoms with Crippen molar-refractivity contribution in [1.82, 2.24) is 15.2 Å². The number of rotatable bonds is 7. The number of ether oxygens (including phenoxy) is 1. The Labute approximate surface area is 145 Å². The van der Waals surface area contributed by atoms with Crippen molar-refractivity contribution in [3.63, 3.8) is 0 Å². The lowest BCUT2D eigenvalue weighted by molar-refractivity contribution is 0.102. The molecule has 25 heavy (non-hydrogen) atoms. The lowest BCUT2D eigenvalue weighted by atomic mass is 10.2. The highest BCUT2D eigenvalue weighted by Crippen LogP contribution is 2.19. The molecule has 128 valence electrons. The standard InChI is InChI=1S/C18H18N4O3/c1-2-3-10-24-15-8-4-6-13(11-15)16(23)20-18-22-21-17(25-18)14-7-5-9-19-12-14/h4-9,11-12H,2-3,10H2,1H3,(H,20,22,23). The maximum absolute atomic E-state index is 12.3. The van der Waals surface area contributed by atoms with Gasteiger partial charge in [0.25, 0.3) is 11.8 Å². The third-order valence-corrected chi connectivity index (χ3v) is 3.42. The van der Waals surface area contributed by atoms with Crippen molar-refractivity contribution in [2.75, 3.05) is 11.9 Å². The first-order valence-corrected chi connectivity index (χ1v) is 8.04. The second kappa shape index (κ2) is 8.05. The van der Waals surface area contributed by atoms with Crippen LogP contribution in [0.25, 0.3) is 11.5 Å². The zero-order chi connectivity index (χ0) is 17.5. The van der Waals surface area contributed by atoms with Crippen molar-refractivity contribution in [3.05, 3.63) is 54.4 Å². The van der Waals surface area contributed by atoms with E-state index in [4.69, 9.17) is 9.15 Å². The van der Waals surface area contributed by atoms with Crippen molar-refractivity contribution >= 4 is 11.9 Å². The summed E-state index contributed by atoms with van der Waals surface area (Å²) in [5.41, 5.74) is 1.14. The molecule has 0 unspecified atom stereocenters. The van der Waals surface area contributed by atoms with Crippen molar-refractivity contribution in [1.29, 1.82) is 0 Å². The van der Waals surface area contributed by atoms with E-state index in [0.29, 0.717) is 29.4 Å². The third-order valence-electron chi connectivity index (χ3n) is 3.42. The summed E-state index contributed by atoms with van der Waals surface area (Å²) in [4.78, 5) is 16.3. The molecule has 1 N–H and O–H groups in total. The Balaban J connectivity index is 1.66. The SMILES string of the molecule is CCCCOc1cccc(C(=O)Nc2nnc(-c3cccnc3)o2)c1. The van der Waals surface area contributed by atoms with E-state index < -0.39 is 0 Å². The van der Waals surface area contributed by atoms with Crippen LogP contribution in [-0.4, -0.2) is 27.7 Å². The summed E-state index contributed by atoms with van der Waals surface area (Å²) < 4.78 is 11.1. The van der Waals surface area contributed by atoms with Crippen LogP contribution in [0.5, 0.6) is 5.75 Å². The van der Waals surface area contributed by atoms with E-state index in [-0.39, 0.29) is 11.9 Å². The molecule has 0 saturated heterocycles. The van der Waals surface area contributed by atoms with Crippen LogP contribution < -0.4 is 10.1 Å². The van der Waals surface area contributed by atoms with Gasteiger partial charge in [-0.25, -0.2) is 0 Å². The molecule has 0 fully saturated rings. The third kappa shape index (κ3) is 4.41. The lowest BCUT2D eigenvalue weighted by Gasteiger charge is -2.07. The molecular weight excluding hydrogens is 320 g/mol. The number of nitrogens with one attached hydrogen (secondary N) is 1. The Hall–Kier alpha value is -3.22. The first kappa shape index (κ1) is 16.6. The van der Waals surface area contributed by atoms with E-state index in [9.17, 15) is 4.79 Å². The van der Waals surface area contributed by atoms with Gasteiger partial charge in [-0.05, 0) is 36.8 Å². The minimum atomic E-state index is -0.345. The molecule has 0 aliphatic rings. The zero-order valence-electron chi connectivity index (χ0n) is 13.8. The van der Waals surface area contributed by atoms with Gasteiger partial charge in [0.2, 0.25) is 0 Å². The van der Waals surface area contributed by atoms with E-state index >= 15 is 0 Å². The molecule has 3 rings (SSSR count). The van der Waals surface area contributed by atoms with Gasteiger partial charge < -0.3 is 9.15 Å². The Bertz CT molecular complexity index is 833. The van der Waals surface area contributed by atoms with E-state index in [1.54, 1.807) is 42.7 Å². The number of amides is 1. The second-order valence-corrected chi connectivity index (χ2v) is 5.34. The summed E-state index contributed by atoms with van der Waals surface area (Å²) >= 11 is 0. The van der Waals surface area contributed by atoms with Crippen LogP contribution in [0.4, 0.5) is 6.01 Å². The first-order valence-electron chi connectivity index (χ1n) is 8.04. The molecule has 3 aromatic rings. The quantitative estimate of drug-likeness (QED) is 0.662. The smallest absolute Gasteiger partial charge is 0.322 e. The monoisotopic (exact) mass is 338 g/mol. The fourth-order valence-electron chi connectivity index (χ4n) is 2.11. The summed E-state index contributed by atoms with van der Waals surface area (Å²) in [5.74, 6) is 0.602. The van der Waals surface area contributed by atoms with Crippen LogP contribution in [0.3, 0.4) is 0 Å². The molecule has 2 heterocycles. The van der Waals surface area contributed by atoms with Gasteiger partial charge in [0.1, 0.15) is 5.75 Å².